The summed E-state index contributed by atoms with van der Waals surface area (Å²) in [6, 6.07) is 9.68. The molecular weight excluding hydrogens is 427 g/mol. The van der Waals surface area contributed by atoms with Crippen molar-refractivity contribution in [3.63, 3.8) is 0 Å². The lowest BCUT2D eigenvalue weighted by Gasteiger charge is -2.34. The monoisotopic (exact) mass is 442 g/mol. The van der Waals surface area contributed by atoms with Gasteiger partial charge in [0.2, 0.25) is 16.8 Å². The Labute approximate surface area is 172 Å². The first kappa shape index (κ1) is 19.3. The van der Waals surface area contributed by atoms with Gasteiger partial charge in [0, 0.05) is 26.2 Å². The molecule has 0 saturated carbocycles. The lowest BCUT2D eigenvalue weighted by molar-refractivity contribution is 0.0693. The Morgan fingerprint density at radius 2 is 1.57 bits per heavy atom. The fraction of sp³-hybridized carbons (Fsp3) is 0.278. The second kappa shape index (κ2) is 7.44. The molecule has 0 N–H and O–H groups in total. The number of piperazine rings is 1. The summed E-state index contributed by atoms with van der Waals surface area (Å²) in [4.78, 5) is 14.4. The summed E-state index contributed by atoms with van der Waals surface area (Å²) < 4.78 is 37.9. The molecule has 0 aliphatic carbocycles. The number of rotatable bonds is 3. The van der Waals surface area contributed by atoms with E-state index >= 15 is 0 Å². The second-order valence-electron chi connectivity index (χ2n) is 6.29. The Morgan fingerprint density at radius 3 is 2.25 bits per heavy atom. The number of halogens is 2. The van der Waals surface area contributed by atoms with Crippen molar-refractivity contribution < 1.29 is 22.7 Å². The maximum absolute atomic E-state index is 12.9. The summed E-state index contributed by atoms with van der Waals surface area (Å²) in [7, 11) is -3.86. The van der Waals surface area contributed by atoms with E-state index < -0.39 is 10.0 Å². The molecule has 0 unspecified atom stereocenters. The zero-order valence-corrected chi connectivity index (χ0v) is 16.9. The largest absolute Gasteiger partial charge is 0.454 e. The van der Waals surface area contributed by atoms with Crippen LogP contribution in [0.2, 0.25) is 10.0 Å². The van der Waals surface area contributed by atoms with Crippen LogP contribution in [0.5, 0.6) is 11.5 Å². The average Bonchev–Trinajstić information content (AvgIpc) is 3.16. The standard InChI is InChI=1S/C18H16Cl2N2O5S/c19-13-4-2-5-14(20)17(13)28(24,25)22-9-7-21(8-10-22)18(23)12-3-1-6-15-16(12)27-11-26-15/h1-6H,7-11H2. The predicted octanol–water partition coefficient (Wildman–Crippen LogP) is 2.87. The average molecular weight is 443 g/mol. The molecule has 1 amide bonds. The van der Waals surface area contributed by atoms with Gasteiger partial charge in [-0.2, -0.15) is 4.31 Å². The van der Waals surface area contributed by atoms with E-state index in [-0.39, 0.29) is 53.8 Å². The molecule has 28 heavy (non-hydrogen) atoms. The number of benzene rings is 2. The highest BCUT2D eigenvalue weighted by atomic mass is 35.5. The van der Waals surface area contributed by atoms with Gasteiger partial charge in [0.05, 0.1) is 15.6 Å². The molecular formula is C18H16Cl2N2O5S. The molecule has 4 rings (SSSR count). The highest BCUT2D eigenvalue weighted by Gasteiger charge is 2.34. The number of fused-ring (bicyclic) bond motifs is 1. The van der Waals surface area contributed by atoms with Crippen molar-refractivity contribution in [3.05, 3.63) is 52.0 Å². The summed E-state index contributed by atoms with van der Waals surface area (Å²) >= 11 is 12.1. The molecule has 2 aromatic rings. The van der Waals surface area contributed by atoms with Crippen molar-refractivity contribution in [1.82, 2.24) is 9.21 Å². The van der Waals surface area contributed by atoms with E-state index in [1.807, 2.05) is 0 Å². The van der Waals surface area contributed by atoms with E-state index in [0.29, 0.717) is 17.1 Å². The number of hydrogen-bond acceptors (Lipinski definition) is 5. The van der Waals surface area contributed by atoms with Crippen LogP contribution in [0.1, 0.15) is 10.4 Å². The van der Waals surface area contributed by atoms with E-state index in [2.05, 4.69) is 0 Å². The van der Waals surface area contributed by atoms with Gasteiger partial charge in [-0.05, 0) is 24.3 Å². The molecule has 1 fully saturated rings. The molecule has 2 heterocycles. The van der Waals surface area contributed by atoms with Crippen LogP contribution in [-0.4, -0.2) is 56.5 Å². The summed E-state index contributed by atoms with van der Waals surface area (Å²) in [6.45, 7) is 0.837. The third-order valence-corrected chi connectivity index (χ3v) is 7.52. The first-order chi connectivity index (χ1) is 13.4. The summed E-state index contributed by atoms with van der Waals surface area (Å²) in [6.07, 6.45) is 0. The van der Waals surface area contributed by atoms with Crippen LogP contribution in [0.3, 0.4) is 0 Å². The molecule has 2 aromatic carbocycles. The van der Waals surface area contributed by atoms with Crippen LogP contribution < -0.4 is 9.47 Å². The van der Waals surface area contributed by atoms with Gasteiger partial charge in [0.15, 0.2) is 11.5 Å². The summed E-state index contributed by atoms with van der Waals surface area (Å²) in [5.41, 5.74) is 0.403. The summed E-state index contributed by atoms with van der Waals surface area (Å²) in [5, 5.41) is 0.144. The van der Waals surface area contributed by atoms with Crippen molar-refractivity contribution in [3.8, 4) is 11.5 Å². The Bertz CT molecular complexity index is 1020. The molecule has 2 aliphatic heterocycles. The molecule has 7 nitrogen and oxygen atoms in total. The molecule has 1 saturated heterocycles. The fourth-order valence-electron chi connectivity index (χ4n) is 3.26. The number of ether oxygens (including phenoxy) is 2. The van der Waals surface area contributed by atoms with Crippen molar-refractivity contribution >= 4 is 39.1 Å². The third kappa shape index (κ3) is 3.30. The Balaban J connectivity index is 1.51. The number of para-hydroxylation sites is 1. The van der Waals surface area contributed by atoms with Gasteiger partial charge in [0.25, 0.3) is 5.91 Å². The quantitative estimate of drug-likeness (QED) is 0.730. The lowest BCUT2D eigenvalue weighted by Crippen LogP contribution is -2.50. The van der Waals surface area contributed by atoms with Crippen molar-refractivity contribution in [2.75, 3.05) is 33.0 Å². The predicted molar refractivity (Wildman–Crippen MR) is 104 cm³/mol. The van der Waals surface area contributed by atoms with Crippen molar-refractivity contribution in [1.29, 1.82) is 0 Å². The highest BCUT2D eigenvalue weighted by molar-refractivity contribution is 7.89. The molecule has 0 aromatic heterocycles. The van der Waals surface area contributed by atoms with E-state index in [1.54, 1.807) is 29.2 Å². The van der Waals surface area contributed by atoms with Gasteiger partial charge in [-0.1, -0.05) is 35.3 Å². The SMILES string of the molecule is O=C(c1cccc2c1OCO2)N1CCN(S(=O)(=O)c2c(Cl)cccc2Cl)CC1. The minimum absolute atomic E-state index is 0.0722. The smallest absolute Gasteiger partial charge is 0.257 e. The van der Waals surface area contributed by atoms with Crippen LogP contribution in [0, 0.1) is 0 Å². The lowest BCUT2D eigenvalue weighted by atomic mass is 10.1. The number of sulfonamides is 1. The van der Waals surface area contributed by atoms with Crippen LogP contribution in [-0.2, 0) is 10.0 Å². The first-order valence-corrected chi connectivity index (χ1v) is 10.7. The van der Waals surface area contributed by atoms with Gasteiger partial charge in [-0.25, -0.2) is 8.42 Å². The van der Waals surface area contributed by atoms with Crippen LogP contribution in [0.15, 0.2) is 41.3 Å². The minimum atomic E-state index is -3.86. The molecule has 10 heteroatoms. The number of amides is 1. The molecule has 0 bridgehead atoms. The Kier molecular flexibility index (Phi) is 5.13. The van der Waals surface area contributed by atoms with Gasteiger partial charge >= 0.3 is 0 Å². The number of nitrogens with zero attached hydrogens (tertiary/aromatic N) is 2. The number of carbonyl (C=O) groups excluding carboxylic acids is 1. The maximum Gasteiger partial charge on any atom is 0.257 e. The van der Waals surface area contributed by atoms with E-state index in [4.69, 9.17) is 32.7 Å². The van der Waals surface area contributed by atoms with E-state index in [9.17, 15) is 13.2 Å². The minimum Gasteiger partial charge on any atom is -0.454 e. The van der Waals surface area contributed by atoms with Crippen LogP contribution in [0.25, 0.3) is 0 Å². The van der Waals surface area contributed by atoms with Crippen molar-refractivity contribution in [2.24, 2.45) is 0 Å². The van der Waals surface area contributed by atoms with Gasteiger partial charge < -0.3 is 14.4 Å². The summed E-state index contributed by atoms with van der Waals surface area (Å²) in [5.74, 6) is 0.723. The zero-order valence-electron chi connectivity index (χ0n) is 14.6. The number of carbonyl (C=O) groups is 1. The van der Waals surface area contributed by atoms with Crippen LogP contribution in [0.4, 0.5) is 0 Å². The van der Waals surface area contributed by atoms with E-state index in [1.165, 1.54) is 16.4 Å². The number of hydrogen-bond donors (Lipinski definition) is 0. The molecule has 148 valence electrons. The fourth-order valence-corrected chi connectivity index (χ4v) is 5.77. The second-order valence-corrected chi connectivity index (χ2v) is 8.98. The van der Waals surface area contributed by atoms with E-state index in [0.717, 1.165) is 0 Å². The van der Waals surface area contributed by atoms with Crippen LogP contribution >= 0.6 is 23.2 Å². The topological polar surface area (TPSA) is 76.2 Å². The third-order valence-electron chi connectivity index (χ3n) is 4.67. The van der Waals surface area contributed by atoms with Gasteiger partial charge in [0.1, 0.15) is 4.90 Å². The molecule has 0 spiro atoms. The Morgan fingerprint density at radius 1 is 0.929 bits per heavy atom. The normalized spacial score (nSPS) is 17.0. The molecule has 2 aliphatic rings. The van der Waals surface area contributed by atoms with Crippen molar-refractivity contribution in [2.45, 2.75) is 4.90 Å². The molecule has 0 radical (unpaired) electrons. The van der Waals surface area contributed by atoms with Gasteiger partial charge in [-0.15, -0.1) is 0 Å². The Hall–Kier alpha value is -2.00. The first-order valence-electron chi connectivity index (χ1n) is 8.51. The maximum atomic E-state index is 12.9. The van der Waals surface area contributed by atoms with Gasteiger partial charge in [-0.3, -0.25) is 4.79 Å². The highest BCUT2D eigenvalue weighted by Crippen LogP contribution is 2.36. The molecule has 0 atom stereocenters. The zero-order chi connectivity index (χ0) is 19.9.